The molecule has 0 unspecified atom stereocenters. The molecule has 11 heteroatoms. The Morgan fingerprint density at radius 1 is 1.18 bits per heavy atom. The number of carbonyl (C=O) groups is 1. The molecule has 34 heavy (non-hydrogen) atoms. The molecule has 4 aromatic rings. The third-order valence-electron chi connectivity index (χ3n) is 5.84. The van der Waals surface area contributed by atoms with Crippen molar-refractivity contribution in [3.05, 3.63) is 54.1 Å². The fourth-order valence-electron chi connectivity index (χ4n) is 4.00. The Bertz CT molecular complexity index is 1380. The van der Waals surface area contributed by atoms with Gasteiger partial charge in [0.25, 0.3) is 5.91 Å². The maximum Gasteiger partial charge on any atom is 0.251 e. The molecule has 1 saturated heterocycles. The summed E-state index contributed by atoms with van der Waals surface area (Å²) in [5.74, 6) is -2.16. The molecule has 1 aromatic carbocycles. The van der Waals surface area contributed by atoms with Gasteiger partial charge in [-0.25, -0.2) is 18.3 Å². The number of aromatic nitrogens is 5. The first-order valence-corrected chi connectivity index (χ1v) is 11.0. The van der Waals surface area contributed by atoms with Crippen molar-refractivity contribution in [3.8, 4) is 22.3 Å². The first-order valence-electron chi connectivity index (χ1n) is 11.0. The maximum absolute atomic E-state index is 14.8. The van der Waals surface area contributed by atoms with Gasteiger partial charge in [-0.2, -0.15) is 10.2 Å². The van der Waals surface area contributed by atoms with Crippen molar-refractivity contribution in [2.45, 2.75) is 25.9 Å². The van der Waals surface area contributed by atoms with Crippen LogP contribution >= 0.6 is 0 Å². The lowest BCUT2D eigenvalue weighted by atomic mass is 10.0. The van der Waals surface area contributed by atoms with Gasteiger partial charge in [0.1, 0.15) is 5.82 Å². The zero-order valence-electron chi connectivity index (χ0n) is 18.7. The fraction of sp³-hybridized carbons (Fsp3) is 0.304. The highest BCUT2D eigenvalue weighted by Crippen LogP contribution is 2.33. The third-order valence-corrected chi connectivity index (χ3v) is 5.84. The lowest BCUT2D eigenvalue weighted by Gasteiger charge is -2.15. The first kappa shape index (κ1) is 22.0. The summed E-state index contributed by atoms with van der Waals surface area (Å²) in [5.41, 5.74) is 2.10. The van der Waals surface area contributed by atoms with Gasteiger partial charge in [0.15, 0.2) is 17.3 Å². The number of hydrogen-bond donors (Lipinski definition) is 2. The summed E-state index contributed by atoms with van der Waals surface area (Å²) in [5, 5.41) is 14.5. The molecule has 5 rings (SSSR count). The van der Waals surface area contributed by atoms with Crippen LogP contribution in [0.1, 0.15) is 23.7 Å². The monoisotopic (exact) mass is 467 g/mol. The van der Waals surface area contributed by atoms with Crippen LogP contribution in [0.5, 0.6) is 0 Å². The average molecular weight is 467 g/mol. The SMILES string of the molecule is CCn1cc(-c2cn3ncc(-c4cc(C(=O)NC)cc(F)c4F)c3nc2N[C@H]2CCOC2)cn1. The highest BCUT2D eigenvalue weighted by atomic mass is 19.2. The lowest BCUT2D eigenvalue weighted by Crippen LogP contribution is -2.20. The van der Waals surface area contributed by atoms with Gasteiger partial charge in [-0.1, -0.05) is 0 Å². The highest BCUT2D eigenvalue weighted by molar-refractivity contribution is 5.96. The van der Waals surface area contributed by atoms with E-state index in [1.165, 1.54) is 23.8 Å². The standard InChI is InChI=1S/C23H23F2N7O2/c1-3-31-10-14(8-27-31)18-11-32-22(30-21(18)29-15-4-5-34-12-15)17(9-28-32)16-6-13(23(33)26-2)7-19(24)20(16)25/h6-11,15H,3-5,12H2,1-2H3,(H,26,33)(H,29,30)/t15-/m0/s1. The average Bonchev–Trinajstić information content (AvgIpc) is 3.61. The van der Waals surface area contributed by atoms with Gasteiger partial charge in [0.2, 0.25) is 0 Å². The Kier molecular flexibility index (Phi) is 5.70. The first-order chi connectivity index (χ1) is 16.5. The summed E-state index contributed by atoms with van der Waals surface area (Å²) in [6, 6.07) is 2.23. The molecule has 176 valence electrons. The number of anilines is 1. The zero-order valence-corrected chi connectivity index (χ0v) is 18.7. The van der Waals surface area contributed by atoms with E-state index in [1.54, 1.807) is 17.1 Å². The van der Waals surface area contributed by atoms with Crippen molar-refractivity contribution < 1.29 is 18.3 Å². The molecular formula is C23H23F2N7O2. The molecule has 1 atom stereocenters. The number of ether oxygens (including phenoxy) is 1. The van der Waals surface area contributed by atoms with Crippen molar-refractivity contribution >= 4 is 17.4 Å². The van der Waals surface area contributed by atoms with Crippen molar-refractivity contribution in [1.82, 2.24) is 29.7 Å². The highest BCUT2D eigenvalue weighted by Gasteiger charge is 2.23. The van der Waals surface area contributed by atoms with Crippen molar-refractivity contribution in [2.24, 2.45) is 0 Å². The van der Waals surface area contributed by atoms with E-state index in [4.69, 9.17) is 9.72 Å². The van der Waals surface area contributed by atoms with Crippen LogP contribution in [0.2, 0.25) is 0 Å². The molecule has 0 aliphatic carbocycles. The molecule has 3 aromatic heterocycles. The fourth-order valence-corrected chi connectivity index (χ4v) is 4.00. The summed E-state index contributed by atoms with van der Waals surface area (Å²) in [6.45, 7) is 3.90. The summed E-state index contributed by atoms with van der Waals surface area (Å²) >= 11 is 0. The second kappa shape index (κ2) is 8.82. The molecule has 0 radical (unpaired) electrons. The minimum absolute atomic E-state index is 0.000743. The molecule has 9 nitrogen and oxygen atoms in total. The Labute approximate surface area is 193 Å². The minimum atomic E-state index is -1.12. The van der Waals surface area contributed by atoms with E-state index in [0.29, 0.717) is 31.2 Å². The Hall–Kier alpha value is -3.86. The second-order valence-corrected chi connectivity index (χ2v) is 8.02. The van der Waals surface area contributed by atoms with Crippen LogP contribution in [0.4, 0.5) is 14.6 Å². The largest absolute Gasteiger partial charge is 0.379 e. The molecule has 4 heterocycles. The third kappa shape index (κ3) is 3.87. The van der Waals surface area contributed by atoms with Crippen molar-refractivity contribution in [2.75, 3.05) is 25.6 Å². The van der Waals surface area contributed by atoms with Crippen LogP contribution in [-0.4, -0.2) is 56.6 Å². The summed E-state index contributed by atoms with van der Waals surface area (Å²) in [6.07, 6.45) is 7.66. The number of aryl methyl sites for hydroxylation is 1. The number of hydrogen-bond acceptors (Lipinski definition) is 6. The molecule has 0 spiro atoms. The normalized spacial score (nSPS) is 15.7. The van der Waals surface area contributed by atoms with E-state index in [9.17, 15) is 13.6 Å². The number of halogens is 2. The van der Waals surface area contributed by atoms with Gasteiger partial charge >= 0.3 is 0 Å². The van der Waals surface area contributed by atoms with Gasteiger partial charge < -0.3 is 15.4 Å². The number of rotatable bonds is 6. The summed E-state index contributed by atoms with van der Waals surface area (Å²) in [7, 11) is 1.42. The number of nitrogens with one attached hydrogen (secondary N) is 2. The smallest absolute Gasteiger partial charge is 0.251 e. The van der Waals surface area contributed by atoms with E-state index in [0.717, 1.165) is 23.6 Å². The number of nitrogens with zero attached hydrogens (tertiary/aromatic N) is 5. The maximum atomic E-state index is 14.8. The van der Waals surface area contributed by atoms with E-state index in [1.807, 2.05) is 13.1 Å². The Morgan fingerprint density at radius 2 is 2.03 bits per heavy atom. The minimum Gasteiger partial charge on any atom is -0.379 e. The van der Waals surface area contributed by atoms with Crippen LogP contribution < -0.4 is 10.6 Å². The quantitative estimate of drug-likeness (QED) is 0.452. The summed E-state index contributed by atoms with van der Waals surface area (Å²) < 4.78 is 38.0. The van der Waals surface area contributed by atoms with E-state index in [2.05, 4.69) is 20.8 Å². The predicted molar refractivity (Wildman–Crippen MR) is 121 cm³/mol. The van der Waals surface area contributed by atoms with Gasteiger partial charge in [-0.15, -0.1) is 0 Å². The van der Waals surface area contributed by atoms with Gasteiger partial charge in [0.05, 0.1) is 25.0 Å². The molecule has 1 aliphatic heterocycles. The van der Waals surface area contributed by atoms with Crippen molar-refractivity contribution in [3.63, 3.8) is 0 Å². The summed E-state index contributed by atoms with van der Waals surface area (Å²) in [4.78, 5) is 16.8. The van der Waals surface area contributed by atoms with Gasteiger partial charge in [0, 0.05) is 60.4 Å². The second-order valence-electron chi connectivity index (χ2n) is 8.02. The van der Waals surface area contributed by atoms with Gasteiger partial charge in [-0.3, -0.25) is 9.48 Å². The lowest BCUT2D eigenvalue weighted by molar-refractivity contribution is 0.0962. The van der Waals surface area contributed by atoms with E-state index >= 15 is 0 Å². The molecule has 1 amide bonds. The Balaban J connectivity index is 1.67. The molecule has 0 saturated carbocycles. The molecule has 0 bridgehead atoms. The number of amides is 1. The van der Waals surface area contributed by atoms with Crippen molar-refractivity contribution in [1.29, 1.82) is 0 Å². The molecule has 2 N–H and O–H groups in total. The molecular weight excluding hydrogens is 444 g/mol. The molecule has 1 aliphatic rings. The van der Waals surface area contributed by atoms with Crippen LogP contribution in [0.15, 0.2) is 36.9 Å². The van der Waals surface area contributed by atoms with Crippen LogP contribution in [0.3, 0.4) is 0 Å². The van der Waals surface area contributed by atoms with Gasteiger partial charge in [-0.05, 0) is 25.5 Å². The number of benzene rings is 1. The predicted octanol–water partition coefficient (Wildman–Crippen LogP) is 3.12. The Morgan fingerprint density at radius 3 is 2.74 bits per heavy atom. The van der Waals surface area contributed by atoms with E-state index < -0.39 is 17.5 Å². The van der Waals surface area contributed by atoms with Crippen LogP contribution in [0, 0.1) is 11.6 Å². The number of carbonyl (C=O) groups excluding carboxylic acids is 1. The molecule has 1 fully saturated rings. The zero-order chi connectivity index (χ0) is 23.8. The topological polar surface area (TPSA) is 98.4 Å². The van der Waals surface area contributed by atoms with Crippen LogP contribution in [0.25, 0.3) is 27.9 Å². The van der Waals surface area contributed by atoms with Crippen LogP contribution in [-0.2, 0) is 11.3 Å². The van der Waals surface area contributed by atoms with E-state index in [-0.39, 0.29) is 22.7 Å². The number of fused-ring (bicyclic) bond motifs is 1.